The lowest BCUT2D eigenvalue weighted by Crippen LogP contribution is -2.25. The van der Waals surface area contributed by atoms with Crippen LogP contribution in [-0.4, -0.2) is 33.8 Å². The van der Waals surface area contributed by atoms with Crippen molar-refractivity contribution in [1.29, 1.82) is 0 Å². The third kappa shape index (κ3) is 3.64. The standard InChI is InChI=1S/C14H19NO4/c1-5-8-15-12(16)9-10-6-7-11(17-2)14(19-4)13(10)18-3/h5-7H,1,8-9H2,2-4H3,(H,15,16). The van der Waals surface area contributed by atoms with Crippen LogP contribution in [0.4, 0.5) is 0 Å². The van der Waals surface area contributed by atoms with Crippen molar-refractivity contribution in [2.45, 2.75) is 6.42 Å². The molecule has 0 saturated carbocycles. The average molecular weight is 265 g/mol. The third-order valence-electron chi connectivity index (χ3n) is 2.58. The zero-order chi connectivity index (χ0) is 14.3. The molecular formula is C14H19NO4. The van der Waals surface area contributed by atoms with Crippen LogP contribution in [0.1, 0.15) is 5.56 Å². The van der Waals surface area contributed by atoms with Crippen molar-refractivity contribution >= 4 is 5.91 Å². The van der Waals surface area contributed by atoms with Crippen molar-refractivity contribution in [2.24, 2.45) is 0 Å². The summed E-state index contributed by atoms with van der Waals surface area (Å²) in [6.07, 6.45) is 1.83. The second-order valence-electron chi connectivity index (χ2n) is 3.76. The number of carbonyl (C=O) groups is 1. The van der Waals surface area contributed by atoms with E-state index in [0.717, 1.165) is 5.56 Å². The lowest BCUT2D eigenvalue weighted by atomic mass is 10.1. The van der Waals surface area contributed by atoms with Gasteiger partial charge >= 0.3 is 0 Å². The van der Waals surface area contributed by atoms with Crippen LogP contribution >= 0.6 is 0 Å². The normalized spacial score (nSPS) is 9.63. The van der Waals surface area contributed by atoms with E-state index in [9.17, 15) is 4.79 Å². The van der Waals surface area contributed by atoms with E-state index in [1.54, 1.807) is 25.3 Å². The number of ether oxygens (including phenoxy) is 3. The molecule has 0 radical (unpaired) electrons. The Bertz CT molecular complexity index is 457. The molecule has 19 heavy (non-hydrogen) atoms. The lowest BCUT2D eigenvalue weighted by molar-refractivity contribution is -0.120. The molecule has 1 amide bonds. The zero-order valence-corrected chi connectivity index (χ0v) is 11.5. The summed E-state index contributed by atoms with van der Waals surface area (Å²) in [5, 5.41) is 2.71. The van der Waals surface area contributed by atoms with Crippen LogP contribution in [0.25, 0.3) is 0 Å². The molecule has 1 N–H and O–H groups in total. The fourth-order valence-electron chi connectivity index (χ4n) is 1.72. The first-order valence-electron chi connectivity index (χ1n) is 5.83. The predicted octanol–water partition coefficient (Wildman–Crippen LogP) is 1.56. The van der Waals surface area contributed by atoms with Crippen LogP contribution in [0.3, 0.4) is 0 Å². The predicted molar refractivity (Wildman–Crippen MR) is 73.0 cm³/mol. The average Bonchev–Trinajstić information content (AvgIpc) is 2.44. The maximum atomic E-state index is 11.7. The van der Waals surface area contributed by atoms with Crippen LogP contribution in [0.15, 0.2) is 24.8 Å². The molecule has 1 rings (SSSR count). The van der Waals surface area contributed by atoms with Gasteiger partial charge in [-0.15, -0.1) is 6.58 Å². The van der Waals surface area contributed by atoms with Crippen LogP contribution in [0.2, 0.25) is 0 Å². The lowest BCUT2D eigenvalue weighted by Gasteiger charge is -2.15. The van der Waals surface area contributed by atoms with E-state index < -0.39 is 0 Å². The molecule has 0 aliphatic rings. The van der Waals surface area contributed by atoms with E-state index in [-0.39, 0.29) is 12.3 Å². The van der Waals surface area contributed by atoms with Gasteiger partial charge < -0.3 is 19.5 Å². The fraction of sp³-hybridized carbons (Fsp3) is 0.357. The topological polar surface area (TPSA) is 56.8 Å². The Balaban J connectivity index is 3.01. The smallest absolute Gasteiger partial charge is 0.224 e. The number of rotatable bonds is 7. The van der Waals surface area contributed by atoms with Gasteiger partial charge in [0.05, 0.1) is 27.8 Å². The van der Waals surface area contributed by atoms with Gasteiger partial charge in [-0.3, -0.25) is 4.79 Å². The van der Waals surface area contributed by atoms with Crippen molar-refractivity contribution < 1.29 is 19.0 Å². The largest absolute Gasteiger partial charge is 0.493 e. The van der Waals surface area contributed by atoms with Crippen LogP contribution in [0, 0.1) is 0 Å². The van der Waals surface area contributed by atoms with E-state index in [1.165, 1.54) is 14.2 Å². The second-order valence-corrected chi connectivity index (χ2v) is 3.76. The van der Waals surface area contributed by atoms with E-state index in [4.69, 9.17) is 14.2 Å². The Kier molecular flexibility index (Phi) is 5.73. The molecule has 0 aliphatic carbocycles. The third-order valence-corrected chi connectivity index (χ3v) is 2.58. The second kappa shape index (κ2) is 7.31. The van der Waals surface area contributed by atoms with Gasteiger partial charge in [-0.25, -0.2) is 0 Å². The number of nitrogens with one attached hydrogen (secondary N) is 1. The van der Waals surface area contributed by atoms with E-state index in [0.29, 0.717) is 23.8 Å². The summed E-state index contributed by atoms with van der Waals surface area (Å²) in [5.41, 5.74) is 0.738. The Labute approximate surface area is 113 Å². The number of benzene rings is 1. The van der Waals surface area contributed by atoms with Gasteiger partial charge in [0.2, 0.25) is 11.7 Å². The molecule has 0 aromatic heterocycles. The summed E-state index contributed by atoms with van der Waals surface area (Å²) in [4.78, 5) is 11.7. The molecule has 0 aliphatic heterocycles. The van der Waals surface area contributed by atoms with E-state index >= 15 is 0 Å². The Morgan fingerprint density at radius 1 is 1.21 bits per heavy atom. The molecule has 5 heteroatoms. The van der Waals surface area contributed by atoms with Crippen molar-refractivity contribution in [3.8, 4) is 17.2 Å². The molecule has 104 valence electrons. The maximum Gasteiger partial charge on any atom is 0.224 e. The molecule has 0 bridgehead atoms. The van der Waals surface area contributed by atoms with Gasteiger partial charge in [-0.2, -0.15) is 0 Å². The molecule has 1 aromatic rings. The number of amides is 1. The van der Waals surface area contributed by atoms with Crippen molar-refractivity contribution in [1.82, 2.24) is 5.32 Å². The highest BCUT2D eigenvalue weighted by Gasteiger charge is 2.17. The molecule has 0 saturated heterocycles. The molecule has 0 spiro atoms. The van der Waals surface area contributed by atoms with Crippen molar-refractivity contribution in [3.63, 3.8) is 0 Å². The minimum atomic E-state index is -0.106. The maximum absolute atomic E-state index is 11.7. The summed E-state index contributed by atoms with van der Waals surface area (Å²) in [7, 11) is 4.61. The molecule has 0 atom stereocenters. The number of carbonyl (C=O) groups excluding carboxylic acids is 1. The monoisotopic (exact) mass is 265 g/mol. The molecule has 1 aromatic carbocycles. The molecule has 5 nitrogen and oxygen atoms in total. The number of hydrogen-bond donors (Lipinski definition) is 1. The summed E-state index contributed by atoms with van der Waals surface area (Å²) in [5.74, 6) is 1.45. The van der Waals surface area contributed by atoms with Crippen LogP contribution in [0.5, 0.6) is 17.2 Å². The van der Waals surface area contributed by atoms with E-state index in [2.05, 4.69) is 11.9 Å². The van der Waals surface area contributed by atoms with Crippen molar-refractivity contribution in [2.75, 3.05) is 27.9 Å². The highest BCUT2D eigenvalue weighted by molar-refractivity contribution is 5.80. The summed E-state index contributed by atoms with van der Waals surface area (Å²) in [6, 6.07) is 3.53. The molecule has 0 heterocycles. The zero-order valence-electron chi connectivity index (χ0n) is 11.5. The minimum absolute atomic E-state index is 0.106. The summed E-state index contributed by atoms with van der Waals surface area (Å²) >= 11 is 0. The van der Waals surface area contributed by atoms with Gasteiger partial charge in [0.25, 0.3) is 0 Å². The first kappa shape index (κ1) is 14.9. The van der Waals surface area contributed by atoms with Crippen molar-refractivity contribution in [3.05, 3.63) is 30.4 Å². The Morgan fingerprint density at radius 2 is 1.89 bits per heavy atom. The van der Waals surface area contributed by atoms with Gasteiger partial charge in [-0.1, -0.05) is 12.1 Å². The Hall–Kier alpha value is -2.17. The highest BCUT2D eigenvalue weighted by atomic mass is 16.5. The Morgan fingerprint density at radius 3 is 2.42 bits per heavy atom. The van der Waals surface area contributed by atoms with Gasteiger partial charge in [-0.05, 0) is 6.07 Å². The van der Waals surface area contributed by atoms with Gasteiger partial charge in [0.15, 0.2) is 11.5 Å². The first-order chi connectivity index (χ1) is 9.17. The number of hydrogen-bond acceptors (Lipinski definition) is 4. The highest BCUT2D eigenvalue weighted by Crippen LogP contribution is 2.39. The minimum Gasteiger partial charge on any atom is -0.493 e. The van der Waals surface area contributed by atoms with Crippen LogP contribution < -0.4 is 19.5 Å². The molecular weight excluding hydrogens is 246 g/mol. The molecule has 0 fully saturated rings. The summed E-state index contributed by atoms with van der Waals surface area (Å²) < 4.78 is 15.8. The number of methoxy groups -OCH3 is 3. The molecule has 0 unspecified atom stereocenters. The van der Waals surface area contributed by atoms with Gasteiger partial charge in [0, 0.05) is 12.1 Å². The van der Waals surface area contributed by atoms with Gasteiger partial charge in [0.1, 0.15) is 0 Å². The fourth-order valence-corrected chi connectivity index (χ4v) is 1.72. The first-order valence-corrected chi connectivity index (χ1v) is 5.83. The van der Waals surface area contributed by atoms with E-state index in [1.807, 2.05) is 0 Å². The summed E-state index contributed by atoms with van der Waals surface area (Å²) in [6.45, 7) is 3.99. The van der Waals surface area contributed by atoms with Crippen LogP contribution in [-0.2, 0) is 11.2 Å². The SMILES string of the molecule is C=CCNC(=O)Cc1ccc(OC)c(OC)c1OC. The quantitative estimate of drug-likeness (QED) is 0.760.